The average Bonchev–Trinajstić information content (AvgIpc) is 3.41. The van der Waals surface area contributed by atoms with E-state index in [0.717, 1.165) is 47.4 Å². The molecular weight excluding hydrogens is 386 g/mol. The number of amides is 1. The second kappa shape index (κ2) is 8.03. The lowest BCUT2D eigenvalue weighted by atomic mass is 9.97. The highest BCUT2D eigenvalue weighted by Crippen LogP contribution is 2.43. The first-order valence-electron chi connectivity index (χ1n) is 10.1. The molecule has 0 bridgehead atoms. The number of carbonyl (C=O) groups is 2. The van der Waals surface area contributed by atoms with Gasteiger partial charge in [0.25, 0.3) is 11.7 Å². The van der Waals surface area contributed by atoms with Crippen molar-refractivity contribution < 1.29 is 19.4 Å². The lowest BCUT2D eigenvalue weighted by Crippen LogP contribution is -2.30. The molecule has 1 saturated heterocycles. The fourth-order valence-corrected chi connectivity index (χ4v) is 5.12. The first-order chi connectivity index (χ1) is 14.0. The Morgan fingerprint density at radius 2 is 2.10 bits per heavy atom. The number of thiophene rings is 1. The lowest BCUT2D eigenvalue weighted by Gasteiger charge is -2.24. The third-order valence-electron chi connectivity index (χ3n) is 5.66. The zero-order valence-corrected chi connectivity index (χ0v) is 17.6. The summed E-state index contributed by atoms with van der Waals surface area (Å²) in [6.45, 7) is 5.21. The predicted molar refractivity (Wildman–Crippen MR) is 113 cm³/mol. The van der Waals surface area contributed by atoms with Gasteiger partial charge in [-0.25, -0.2) is 0 Å². The standard InChI is InChI=1S/C23H25NO4S/c1-3-4-5-10-24-19(22-14(2)9-12-29-22)18(21(26)23(24)27)20(25)16-6-7-17-15(13-16)8-11-28-17/h6-7,9,12-13,19,25H,3-5,8,10-11H2,1-2H3/b20-18-. The van der Waals surface area contributed by atoms with Crippen LogP contribution in [0.1, 0.15) is 53.8 Å². The first-order valence-corrected chi connectivity index (χ1v) is 11.0. The molecule has 1 aromatic carbocycles. The maximum absolute atomic E-state index is 13.0. The van der Waals surface area contributed by atoms with Crippen LogP contribution >= 0.6 is 11.3 Å². The van der Waals surface area contributed by atoms with Crippen molar-refractivity contribution in [2.24, 2.45) is 0 Å². The van der Waals surface area contributed by atoms with Crippen molar-refractivity contribution >= 4 is 28.8 Å². The SMILES string of the molecule is CCCCCN1C(=O)C(=O)/C(=C(\O)c2ccc3c(c2)CCO3)C1c1sccc1C. The zero-order valence-electron chi connectivity index (χ0n) is 16.7. The molecule has 0 saturated carbocycles. The van der Waals surface area contributed by atoms with Crippen molar-refractivity contribution in [3.05, 3.63) is 56.8 Å². The van der Waals surface area contributed by atoms with Crippen LogP contribution in [0, 0.1) is 6.92 Å². The summed E-state index contributed by atoms with van der Waals surface area (Å²) >= 11 is 1.52. The zero-order chi connectivity index (χ0) is 20.5. The van der Waals surface area contributed by atoms with Crippen LogP contribution in [-0.4, -0.2) is 34.8 Å². The number of ketones is 1. The monoisotopic (exact) mass is 411 g/mol. The molecule has 1 N–H and O–H groups in total. The number of aryl methyl sites for hydroxylation is 1. The molecule has 2 aliphatic heterocycles. The van der Waals surface area contributed by atoms with Gasteiger partial charge in [-0.05, 0) is 54.1 Å². The molecule has 0 aliphatic carbocycles. The molecule has 4 rings (SSSR count). The van der Waals surface area contributed by atoms with Crippen molar-refractivity contribution in [1.82, 2.24) is 4.90 Å². The minimum absolute atomic E-state index is 0.103. The van der Waals surface area contributed by atoms with Gasteiger partial charge in [-0.3, -0.25) is 9.59 Å². The Balaban J connectivity index is 1.80. The van der Waals surface area contributed by atoms with E-state index in [1.165, 1.54) is 11.3 Å². The van der Waals surface area contributed by atoms with Crippen molar-refractivity contribution in [3.8, 4) is 5.75 Å². The third kappa shape index (κ3) is 3.46. The Bertz CT molecular complexity index is 991. The molecule has 6 heteroatoms. The molecule has 1 unspecified atom stereocenters. The summed E-state index contributed by atoms with van der Waals surface area (Å²) in [5, 5.41) is 13.1. The molecule has 3 heterocycles. The van der Waals surface area contributed by atoms with E-state index in [2.05, 4.69) is 6.92 Å². The number of aliphatic hydroxyl groups excluding tert-OH is 1. The molecule has 1 atom stereocenters. The van der Waals surface area contributed by atoms with Gasteiger partial charge in [0.15, 0.2) is 0 Å². The average molecular weight is 412 g/mol. The number of hydrogen-bond acceptors (Lipinski definition) is 5. The number of carbonyl (C=O) groups excluding carboxylic acids is 2. The third-order valence-corrected chi connectivity index (χ3v) is 6.73. The molecular formula is C23H25NO4S. The highest BCUT2D eigenvalue weighted by molar-refractivity contribution is 7.10. The molecule has 1 aromatic heterocycles. The van der Waals surface area contributed by atoms with Gasteiger partial charge in [-0.15, -0.1) is 11.3 Å². The molecule has 2 aliphatic rings. The number of rotatable bonds is 6. The highest BCUT2D eigenvalue weighted by Gasteiger charge is 2.46. The lowest BCUT2D eigenvalue weighted by molar-refractivity contribution is -0.139. The van der Waals surface area contributed by atoms with E-state index in [1.807, 2.05) is 30.5 Å². The molecule has 1 fully saturated rings. The number of Topliss-reactive ketones (excluding diaryl/α,β-unsaturated/α-hetero) is 1. The van der Waals surface area contributed by atoms with Crippen molar-refractivity contribution in [2.45, 2.75) is 45.6 Å². The summed E-state index contributed by atoms with van der Waals surface area (Å²) in [5.41, 5.74) is 2.78. The summed E-state index contributed by atoms with van der Waals surface area (Å²) in [6.07, 6.45) is 3.63. The fourth-order valence-electron chi connectivity index (χ4n) is 4.07. The van der Waals surface area contributed by atoms with Crippen molar-refractivity contribution in [2.75, 3.05) is 13.2 Å². The molecule has 0 radical (unpaired) electrons. The summed E-state index contributed by atoms with van der Waals surface area (Å²) < 4.78 is 5.54. The van der Waals surface area contributed by atoms with Crippen LogP contribution in [0.2, 0.25) is 0 Å². The van der Waals surface area contributed by atoms with E-state index < -0.39 is 17.7 Å². The highest BCUT2D eigenvalue weighted by atomic mass is 32.1. The Morgan fingerprint density at radius 1 is 1.28 bits per heavy atom. The molecule has 5 nitrogen and oxygen atoms in total. The van der Waals surface area contributed by atoms with Gasteiger partial charge in [0.05, 0.1) is 18.2 Å². The minimum Gasteiger partial charge on any atom is -0.507 e. The van der Waals surface area contributed by atoms with E-state index >= 15 is 0 Å². The van der Waals surface area contributed by atoms with E-state index in [4.69, 9.17) is 4.74 Å². The predicted octanol–water partition coefficient (Wildman–Crippen LogP) is 4.60. The number of ether oxygens (including phenoxy) is 1. The quantitative estimate of drug-likeness (QED) is 0.326. The number of hydrogen-bond donors (Lipinski definition) is 1. The van der Waals surface area contributed by atoms with Crippen LogP contribution in [-0.2, 0) is 16.0 Å². The maximum Gasteiger partial charge on any atom is 0.295 e. The van der Waals surface area contributed by atoms with Gasteiger partial charge in [-0.2, -0.15) is 0 Å². The summed E-state index contributed by atoms with van der Waals surface area (Å²) in [6, 6.07) is 6.89. The van der Waals surface area contributed by atoms with Crippen LogP contribution in [0.15, 0.2) is 35.2 Å². The largest absolute Gasteiger partial charge is 0.507 e. The molecule has 29 heavy (non-hydrogen) atoms. The second-order valence-electron chi connectivity index (χ2n) is 7.59. The van der Waals surface area contributed by atoms with Gasteiger partial charge >= 0.3 is 0 Å². The van der Waals surface area contributed by atoms with Crippen LogP contribution in [0.5, 0.6) is 5.75 Å². The number of aliphatic hydroxyl groups is 1. The van der Waals surface area contributed by atoms with E-state index in [1.54, 1.807) is 11.0 Å². The number of nitrogens with zero attached hydrogens (tertiary/aromatic N) is 1. The topological polar surface area (TPSA) is 66.8 Å². The molecule has 0 spiro atoms. The normalized spacial score (nSPS) is 20.2. The Labute approximate surface area is 174 Å². The molecule has 1 amide bonds. The number of likely N-dealkylation sites (tertiary alicyclic amines) is 1. The summed E-state index contributed by atoms with van der Waals surface area (Å²) in [5.74, 6) is -0.417. The van der Waals surface area contributed by atoms with Crippen molar-refractivity contribution in [1.29, 1.82) is 0 Å². The van der Waals surface area contributed by atoms with E-state index in [9.17, 15) is 14.7 Å². The van der Waals surface area contributed by atoms with Crippen LogP contribution in [0.3, 0.4) is 0 Å². The Morgan fingerprint density at radius 3 is 2.83 bits per heavy atom. The number of benzene rings is 1. The van der Waals surface area contributed by atoms with Crippen LogP contribution < -0.4 is 4.74 Å². The van der Waals surface area contributed by atoms with E-state index in [0.29, 0.717) is 18.7 Å². The van der Waals surface area contributed by atoms with Gasteiger partial charge in [-0.1, -0.05) is 19.8 Å². The Kier molecular flexibility index (Phi) is 5.46. The van der Waals surface area contributed by atoms with Crippen LogP contribution in [0.4, 0.5) is 0 Å². The summed E-state index contributed by atoms with van der Waals surface area (Å²) in [4.78, 5) is 28.4. The van der Waals surface area contributed by atoms with Gasteiger partial charge in [0, 0.05) is 23.4 Å². The maximum atomic E-state index is 13.0. The van der Waals surface area contributed by atoms with E-state index in [-0.39, 0.29) is 11.3 Å². The Hall–Kier alpha value is -2.60. The first kappa shape index (κ1) is 19.7. The number of unbranched alkanes of at least 4 members (excludes halogenated alkanes) is 2. The van der Waals surface area contributed by atoms with Gasteiger partial charge < -0.3 is 14.7 Å². The summed E-state index contributed by atoms with van der Waals surface area (Å²) in [7, 11) is 0. The smallest absolute Gasteiger partial charge is 0.295 e. The molecule has 152 valence electrons. The second-order valence-corrected chi connectivity index (χ2v) is 8.54. The van der Waals surface area contributed by atoms with Gasteiger partial charge in [0.1, 0.15) is 11.5 Å². The molecule has 2 aromatic rings. The van der Waals surface area contributed by atoms with Crippen LogP contribution in [0.25, 0.3) is 5.76 Å². The number of fused-ring (bicyclic) bond motifs is 1. The van der Waals surface area contributed by atoms with Crippen molar-refractivity contribution in [3.63, 3.8) is 0 Å². The fraction of sp³-hybridized carbons (Fsp3) is 0.391. The van der Waals surface area contributed by atoms with Gasteiger partial charge in [0.2, 0.25) is 0 Å². The minimum atomic E-state index is -0.603.